The van der Waals surface area contributed by atoms with E-state index in [1.54, 1.807) is 12.1 Å². The Morgan fingerprint density at radius 3 is 2.39 bits per heavy atom. The van der Waals surface area contributed by atoms with Crippen molar-refractivity contribution in [2.24, 2.45) is 0 Å². The lowest BCUT2D eigenvalue weighted by molar-refractivity contribution is -0.139. The molecular weight excluding hydrogens is 566 g/mol. The number of anilines is 1. The summed E-state index contributed by atoms with van der Waals surface area (Å²) in [5.41, 5.74) is -1.13. The lowest BCUT2D eigenvalue weighted by Gasteiger charge is -2.16. The first-order chi connectivity index (χ1) is 19.4. The number of hydrogen-bond donors (Lipinski definition) is 1. The molecule has 4 rings (SSSR count). The third-order valence-corrected chi connectivity index (χ3v) is 7.32. The predicted octanol–water partition coefficient (Wildman–Crippen LogP) is 6.32. The molecule has 8 nitrogen and oxygen atoms in total. The summed E-state index contributed by atoms with van der Waals surface area (Å²) in [6.07, 6.45) is -2.63. The summed E-state index contributed by atoms with van der Waals surface area (Å²) >= 11 is 0. The number of rotatable bonds is 11. The SMILES string of the molecule is COc1cc2c(Oc3ccc(NS(=O)(=O)c4ccccc4C(F)(F)F)cc3F)ccnc2cc1OCCCN(C)C. The van der Waals surface area contributed by atoms with E-state index < -0.39 is 32.5 Å². The van der Waals surface area contributed by atoms with Crippen LogP contribution in [-0.2, 0) is 16.2 Å². The number of ether oxygens (including phenoxy) is 3. The van der Waals surface area contributed by atoms with Gasteiger partial charge in [0.1, 0.15) is 5.75 Å². The van der Waals surface area contributed by atoms with Gasteiger partial charge in [0.15, 0.2) is 23.1 Å². The molecule has 0 amide bonds. The van der Waals surface area contributed by atoms with E-state index in [0.29, 0.717) is 35.1 Å². The van der Waals surface area contributed by atoms with Gasteiger partial charge in [0.2, 0.25) is 0 Å². The van der Waals surface area contributed by atoms with E-state index in [2.05, 4.69) is 4.98 Å². The molecule has 0 saturated carbocycles. The van der Waals surface area contributed by atoms with Crippen LogP contribution in [0.4, 0.5) is 23.2 Å². The Bertz CT molecular complexity index is 1650. The zero-order valence-corrected chi connectivity index (χ0v) is 23.1. The van der Waals surface area contributed by atoms with Crippen molar-refractivity contribution < 1.29 is 40.2 Å². The summed E-state index contributed by atoms with van der Waals surface area (Å²) in [4.78, 5) is 5.39. The van der Waals surface area contributed by atoms with Crippen molar-refractivity contribution in [1.82, 2.24) is 9.88 Å². The lowest BCUT2D eigenvalue weighted by atomic mass is 10.1. The van der Waals surface area contributed by atoms with Gasteiger partial charge in [0, 0.05) is 30.3 Å². The van der Waals surface area contributed by atoms with Gasteiger partial charge in [-0.3, -0.25) is 9.71 Å². The quantitative estimate of drug-likeness (QED) is 0.161. The molecule has 1 heterocycles. The van der Waals surface area contributed by atoms with Gasteiger partial charge < -0.3 is 19.1 Å². The van der Waals surface area contributed by atoms with Crippen LogP contribution in [0.1, 0.15) is 12.0 Å². The predicted molar refractivity (Wildman–Crippen MR) is 146 cm³/mol. The fourth-order valence-electron chi connectivity index (χ4n) is 3.96. The molecule has 0 bridgehead atoms. The Kier molecular flexibility index (Phi) is 8.88. The van der Waals surface area contributed by atoms with Gasteiger partial charge in [-0.15, -0.1) is 0 Å². The molecule has 0 radical (unpaired) electrons. The molecule has 0 aliphatic carbocycles. The normalized spacial score (nSPS) is 12.0. The molecule has 0 aliphatic rings. The molecule has 0 fully saturated rings. The number of benzene rings is 3. The first-order valence-corrected chi connectivity index (χ1v) is 13.8. The first-order valence-electron chi connectivity index (χ1n) is 12.3. The van der Waals surface area contributed by atoms with Crippen LogP contribution in [0.5, 0.6) is 23.0 Å². The lowest BCUT2D eigenvalue weighted by Crippen LogP contribution is -2.19. The van der Waals surface area contributed by atoms with Crippen molar-refractivity contribution in [3.05, 3.63) is 78.2 Å². The minimum absolute atomic E-state index is 0.235. The number of halogens is 4. The fourth-order valence-corrected chi connectivity index (χ4v) is 5.24. The van der Waals surface area contributed by atoms with Gasteiger partial charge in [-0.1, -0.05) is 12.1 Å². The largest absolute Gasteiger partial charge is 0.493 e. The third kappa shape index (κ3) is 7.16. The second-order valence-electron chi connectivity index (χ2n) is 9.18. The maximum absolute atomic E-state index is 15.0. The molecule has 0 saturated heterocycles. The van der Waals surface area contributed by atoms with Gasteiger partial charge in [-0.05, 0) is 56.9 Å². The zero-order chi connectivity index (χ0) is 29.8. The summed E-state index contributed by atoms with van der Waals surface area (Å²) < 4.78 is 99.5. The summed E-state index contributed by atoms with van der Waals surface area (Å²) in [6, 6.07) is 11.7. The second kappa shape index (κ2) is 12.2. The van der Waals surface area contributed by atoms with Crippen LogP contribution in [0.15, 0.2) is 71.8 Å². The van der Waals surface area contributed by atoms with Gasteiger partial charge >= 0.3 is 6.18 Å². The molecule has 13 heteroatoms. The molecule has 41 heavy (non-hydrogen) atoms. The molecule has 0 unspecified atom stereocenters. The van der Waals surface area contributed by atoms with Crippen molar-refractivity contribution in [2.75, 3.05) is 39.1 Å². The number of sulfonamides is 1. The van der Waals surface area contributed by atoms with Crippen LogP contribution in [0.25, 0.3) is 10.9 Å². The van der Waals surface area contributed by atoms with Gasteiger partial charge in [-0.25, -0.2) is 12.8 Å². The molecule has 1 aromatic heterocycles. The van der Waals surface area contributed by atoms with Crippen molar-refractivity contribution >= 4 is 26.6 Å². The number of nitrogens with one attached hydrogen (secondary N) is 1. The molecule has 0 atom stereocenters. The van der Waals surface area contributed by atoms with Crippen LogP contribution < -0.4 is 18.9 Å². The molecule has 1 N–H and O–H groups in total. The highest BCUT2D eigenvalue weighted by Gasteiger charge is 2.37. The minimum atomic E-state index is -4.90. The highest BCUT2D eigenvalue weighted by atomic mass is 32.2. The van der Waals surface area contributed by atoms with E-state index in [1.165, 1.54) is 25.4 Å². The topological polar surface area (TPSA) is 90.0 Å². The summed E-state index contributed by atoms with van der Waals surface area (Å²) in [5, 5.41) is 0.498. The van der Waals surface area contributed by atoms with Gasteiger partial charge in [0.05, 0.1) is 35.4 Å². The van der Waals surface area contributed by atoms with E-state index in [1.807, 2.05) is 23.7 Å². The fraction of sp³-hybridized carbons (Fsp3) is 0.250. The molecule has 218 valence electrons. The van der Waals surface area contributed by atoms with Crippen LogP contribution in [0, 0.1) is 5.82 Å². The van der Waals surface area contributed by atoms with E-state index in [-0.39, 0.29) is 17.2 Å². The summed E-state index contributed by atoms with van der Waals surface area (Å²) in [5.74, 6) is -0.0621. The van der Waals surface area contributed by atoms with Gasteiger partial charge in [-0.2, -0.15) is 13.2 Å². The molecule has 0 spiro atoms. The Hall–Kier alpha value is -4.10. The third-order valence-electron chi connectivity index (χ3n) is 5.88. The Morgan fingerprint density at radius 1 is 0.951 bits per heavy atom. The molecule has 4 aromatic rings. The number of nitrogens with zero attached hydrogens (tertiary/aromatic N) is 2. The van der Waals surface area contributed by atoms with Crippen molar-refractivity contribution in [2.45, 2.75) is 17.5 Å². The molecule has 3 aromatic carbocycles. The summed E-state index contributed by atoms with van der Waals surface area (Å²) in [6.45, 7) is 1.30. The number of alkyl halides is 3. The number of methoxy groups -OCH3 is 1. The number of hydrogen-bond acceptors (Lipinski definition) is 7. The highest BCUT2D eigenvalue weighted by Crippen LogP contribution is 2.38. The first kappa shape index (κ1) is 29.9. The minimum Gasteiger partial charge on any atom is -0.493 e. The van der Waals surface area contributed by atoms with Crippen LogP contribution >= 0.6 is 0 Å². The standard InChI is InChI=1S/C28H27F4N3O5S/c1-35(2)13-6-14-39-26-17-22-19(16-25(26)38-3)23(11-12-33-22)40-24-10-9-18(15-21(24)29)34-41(36,37)27-8-5-4-7-20(27)28(30,31)32/h4-5,7-12,15-17,34H,6,13-14H2,1-3H3. The van der Waals surface area contributed by atoms with Crippen molar-refractivity contribution in [3.8, 4) is 23.0 Å². The van der Waals surface area contributed by atoms with Crippen molar-refractivity contribution in [1.29, 1.82) is 0 Å². The molecular formula is C28H27F4N3O5S. The van der Waals surface area contributed by atoms with Crippen LogP contribution in [0.3, 0.4) is 0 Å². The zero-order valence-electron chi connectivity index (χ0n) is 22.3. The highest BCUT2D eigenvalue weighted by molar-refractivity contribution is 7.92. The van der Waals surface area contributed by atoms with Gasteiger partial charge in [0.25, 0.3) is 10.0 Å². The van der Waals surface area contributed by atoms with Crippen LogP contribution in [0.2, 0.25) is 0 Å². The second-order valence-corrected chi connectivity index (χ2v) is 10.8. The van der Waals surface area contributed by atoms with E-state index in [0.717, 1.165) is 43.3 Å². The van der Waals surface area contributed by atoms with Crippen LogP contribution in [-0.4, -0.2) is 52.7 Å². The number of aromatic nitrogens is 1. The van der Waals surface area contributed by atoms with E-state index >= 15 is 4.39 Å². The Morgan fingerprint density at radius 2 is 1.71 bits per heavy atom. The monoisotopic (exact) mass is 593 g/mol. The number of fused-ring (bicyclic) bond motifs is 1. The Balaban J connectivity index is 1.57. The average molecular weight is 594 g/mol. The van der Waals surface area contributed by atoms with Crippen molar-refractivity contribution in [3.63, 3.8) is 0 Å². The van der Waals surface area contributed by atoms with E-state index in [9.17, 15) is 21.6 Å². The summed E-state index contributed by atoms with van der Waals surface area (Å²) in [7, 11) is 0.734. The maximum atomic E-state index is 15.0. The maximum Gasteiger partial charge on any atom is 0.417 e. The van der Waals surface area contributed by atoms with E-state index in [4.69, 9.17) is 14.2 Å². The smallest absolute Gasteiger partial charge is 0.417 e. The average Bonchev–Trinajstić information content (AvgIpc) is 2.91. The Labute approximate surface area is 234 Å². The number of pyridine rings is 1. The molecule has 0 aliphatic heterocycles.